The molecule has 1 saturated heterocycles. The van der Waals surface area contributed by atoms with E-state index in [1.807, 2.05) is 19.1 Å². The molecule has 0 saturated carbocycles. The highest BCUT2D eigenvalue weighted by Gasteiger charge is 2.48. The van der Waals surface area contributed by atoms with Gasteiger partial charge in [0.25, 0.3) is 11.8 Å². The van der Waals surface area contributed by atoms with Crippen molar-refractivity contribution in [1.82, 2.24) is 0 Å². The van der Waals surface area contributed by atoms with Crippen LogP contribution in [0.15, 0.2) is 90.5 Å². The number of hydrogen-bond acceptors (Lipinski definition) is 4. The number of anilines is 3. The number of benzene rings is 3. The lowest BCUT2D eigenvalue weighted by Crippen LogP contribution is -2.30. The molecule has 36 heavy (non-hydrogen) atoms. The summed E-state index contributed by atoms with van der Waals surface area (Å²) in [4.78, 5) is 52.3. The van der Waals surface area contributed by atoms with E-state index in [4.69, 9.17) is 0 Å². The van der Waals surface area contributed by atoms with E-state index in [-0.39, 0.29) is 35.5 Å². The van der Waals surface area contributed by atoms with Gasteiger partial charge in [-0.05, 0) is 74.4 Å². The predicted octanol–water partition coefficient (Wildman–Crippen LogP) is 5.04. The molecule has 0 aromatic heterocycles. The fraction of sp³-hybridized carbons (Fsp3) is 0.172. The molecule has 3 aromatic rings. The molecular formula is C29H25N3O4. The van der Waals surface area contributed by atoms with Crippen molar-refractivity contribution < 1.29 is 19.2 Å². The Balaban J connectivity index is 1.25. The van der Waals surface area contributed by atoms with E-state index in [0.717, 1.165) is 5.57 Å². The first-order chi connectivity index (χ1) is 17.4. The van der Waals surface area contributed by atoms with Gasteiger partial charge in [0.2, 0.25) is 11.8 Å². The smallest absolute Gasteiger partial charge is 0.255 e. The van der Waals surface area contributed by atoms with Gasteiger partial charge in [-0.3, -0.25) is 24.1 Å². The molecule has 7 heteroatoms. The molecular weight excluding hydrogens is 454 g/mol. The minimum atomic E-state index is -0.347. The van der Waals surface area contributed by atoms with Gasteiger partial charge in [-0.25, -0.2) is 0 Å². The first kappa shape index (κ1) is 23.2. The van der Waals surface area contributed by atoms with Crippen LogP contribution in [0.1, 0.15) is 40.5 Å². The number of carbonyl (C=O) groups excluding carboxylic acids is 4. The van der Waals surface area contributed by atoms with Gasteiger partial charge < -0.3 is 10.6 Å². The summed E-state index contributed by atoms with van der Waals surface area (Å²) in [5, 5.41) is 5.64. The second-order valence-corrected chi connectivity index (χ2v) is 9.12. The Morgan fingerprint density at radius 3 is 1.97 bits per heavy atom. The molecule has 1 aliphatic carbocycles. The number of rotatable bonds is 5. The molecule has 5 rings (SSSR count). The molecule has 3 aromatic carbocycles. The summed E-state index contributed by atoms with van der Waals surface area (Å²) in [6, 6.07) is 22.2. The minimum absolute atomic E-state index is 0.177. The van der Waals surface area contributed by atoms with Crippen LogP contribution in [-0.2, 0) is 9.59 Å². The Labute approximate surface area is 208 Å². The van der Waals surface area contributed by atoms with E-state index in [9.17, 15) is 19.2 Å². The van der Waals surface area contributed by atoms with Gasteiger partial charge >= 0.3 is 0 Å². The van der Waals surface area contributed by atoms with Crippen LogP contribution in [0, 0.1) is 11.8 Å². The Hall–Kier alpha value is -4.52. The fourth-order valence-corrected chi connectivity index (χ4v) is 4.72. The van der Waals surface area contributed by atoms with Gasteiger partial charge in [-0.15, -0.1) is 0 Å². The maximum atomic E-state index is 12.9. The van der Waals surface area contributed by atoms with Crippen molar-refractivity contribution in [2.24, 2.45) is 11.8 Å². The zero-order chi connectivity index (χ0) is 25.2. The van der Waals surface area contributed by atoms with Gasteiger partial charge in [0.15, 0.2) is 0 Å². The summed E-state index contributed by atoms with van der Waals surface area (Å²) in [7, 11) is 0. The van der Waals surface area contributed by atoms with Crippen molar-refractivity contribution in [3.8, 4) is 0 Å². The average molecular weight is 480 g/mol. The van der Waals surface area contributed by atoms with E-state index in [0.29, 0.717) is 41.0 Å². The van der Waals surface area contributed by atoms with Crippen molar-refractivity contribution in [3.63, 3.8) is 0 Å². The van der Waals surface area contributed by atoms with Crippen LogP contribution in [-0.4, -0.2) is 23.6 Å². The normalized spacial score (nSPS) is 18.9. The van der Waals surface area contributed by atoms with Gasteiger partial charge in [-0.1, -0.05) is 35.9 Å². The molecule has 7 nitrogen and oxygen atoms in total. The third-order valence-corrected chi connectivity index (χ3v) is 6.62. The fourth-order valence-electron chi connectivity index (χ4n) is 4.72. The minimum Gasteiger partial charge on any atom is -0.322 e. The molecule has 180 valence electrons. The van der Waals surface area contributed by atoms with E-state index in [1.54, 1.807) is 72.8 Å². The number of nitrogens with one attached hydrogen (secondary N) is 2. The zero-order valence-electron chi connectivity index (χ0n) is 19.7. The second-order valence-electron chi connectivity index (χ2n) is 9.12. The average Bonchev–Trinajstić information content (AvgIpc) is 3.13. The standard InChI is InChI=1S/C29H25N3O4/c1-18-10-15-24-25(16-18)29(36)32(28(24)35)23-13-11-20(12-14-23)27(34)31-22-9-5-8-21(17-22)30-26(33)19-6-3-2-4-7-19/h2-14,17,24-25H,15-16H2,1H3,(H,30,33)(H,31,34)/t24-,25-/m0/s1. The summed E-state index contributed by atoms with van der Waals surface area (Å²) in [6.45, 7) is 1.98. The van der Waals surface area contributed by atoms with Gasteiger partial charge in [0.1, 0.15) is 0 Å². The van der Waals surface area contributed by atoms with Crippen LogP contribution >= 0.6 is 0 Å². The Kier molecular flexibility index (Phi) is 6.21. The predicted molar refractivity (Wildman–Crippen MR) is 138 cm³/mol. The maximum absolute atomic E-state index is 12.9. The number of nitrogens with zero attached hydrogens (tertiary/aromatic N) is 1. The highest BCUT2D eigenvalue weighted by molar-refractivity contribution is 6.22. The molecule has 0 radical (unpaired) electrons. The van der Waals surface area contributed by atoms with Gasteiger partial charge in [-0.2, -0.15) is 0 Å². The molecule has 1 aliphatic heterocycles. The number of hydrogen-bond donors (Lipinski definition) is 2. The Morgan fingerprint density at radius 2 is 1.33 bits per heavy atom. The van der Waals surface area contributed by atoms with Crippen molar-refractivity contribution >= 4 is 40.7 Å². The lowest BCUT2D eigenvalue weighted by molar-refractivity contribution is -0.122. The van der Waals surface area contributed by atoms with Crippen LogP contribution in [0.5, 0.6) is 0 Å². The lowest BCUT2D eigenvalue weighted by Gasteiger charge is -2.18. The van der Waals surface area contributed by atoms with Crippen LogP contribution in [0.25, 0.3) is 0 Å². The molecule has 2 atom stereocenters. The molecule has 4 amide bonds. The number of amides is 4. The van der Waals surface area contributed by atoms with Crippen LogP contribution in [0.4, 0.5) is 17.1 Å². The summed E-state index contributed by atoms with van der Waals surface area (Å²) in [5.41, 5.74) is 3.59. The molecule has 2 aliphatic rings. The van der Waals surface area contributed by atoms with Crippen LogP contribution < -0.4 is 15.5 Å². The summed E-state index contributed by atoms with van der Waals surface area (Å²) in [6.07, 6.45) is 3.23. The third-order valence-electron chi connectivity index (χ3n) is 6.62. The largest absolute Gasteiger partial charge is 0.322 e. The Morgan fingerprint density at radius 1 is 0.750 bits per heavy atom. The van der Waals surface area contributed by atoms with Crippen LogP contribution in [0.3, 0.4) is 0 Å². The Bertz CT molecular complexity index is 1380. The first-order valence-corrected chi connectivity index (χ1v) is 11.8. The van der Waals surface area contributed by atoms with E-state index < -0.39 is 0 Å². The van der Waals surface area contributed by atoms with Crippen molar-refractivity contribution in [2.75, 3.05) is 15.5 Å². The van der Waals surface area contributed by atoms with Gasteiger partial charge in [0, 0.05) is 22.5 Å². The number of fused-ring (bicyclic) bond motifs is 1. The van der Waals surface area contributed by atoms with Crippen molar-refractivity contribution in [1.29, 1.82) is 0 Å². The first-order valence-electron chi connectivity index (χ1n) is 11.8. The van der Waals surface area contributed by atoms with Crippen molar-refractivity contribution in [2.45, 2.75) is 19.8 Å². The lowest BCUT2D eigenvalue weighted by atomic mass is 9.82. The van der Waals surface area contributed by atoms with Crippen molar-refractivity contribution in [3.05, 3.63) is 102 Å². The SMILES string of the molecule is CC1=CC[C@@H]2C(=O)N(c3ccc(C(=O)Nc4cccc(NC(=O)c5ccccc5)c4)cc3)C(=O)[C@H]2C1. The monoisotopic (exact) mass is 479 g/mol. The highest BCUT2D eigenvalue weighted by Crippen LogP contribution is 2.39. The van der Waals surface area contributed by atoms with E-state index in [2.05, 4.69) is 10.6 Å². The second kappa shape index (κ2) is 9.62. The van der Waals surface area contributed by atoms with Crippen LogP contribution in [0.2, 0.25) is 0 Å². The zero-order valence-corrected chi connectivity index (χ0v) is 19.7. The number of imide groups is 1. The number of carbonyl (C=O) groups is 4. The molecule has 1 fully saturated rings. The molecule has 0 unspecified atom stereocenters. The summed E-state index contributed by atoms with van der Waals surface area (Å²) in [5.74, 6) is -1.56. The highest BCUT2D eigenvalue weighted by atomic mass is 16.2. The molecule has 0 spiro atoms. The summed E-state index contributed by atoms with van der Waals surface area (Å²) >= 11 is 0. The van der Waals surface area contributed by atoms with E-state index >= 15 is 0 Å². The molecule has 1 heterocycles. The van der Waals surface area contributed by atoms with E-state index in [1.165, 1.54) is 4.90 Å². The quantitative estimate of drug-likeness (QED) is 0.396. The third kappa shape index (κ3) is 4.55. The van der Waals surface area contributed by atoms with Gasteiger partial charge in [0.05, 0.1) is 17.5 Å². The molecule has 2 N–H and O–H groups in total. The summed E-state index contributed by atoms with van der Waals surface area (Å²) < 4.78 is 0. The topological polar surface area (TPSA) is 95.6 Å². The maximum Gasteiger partial charge on any atom is 0.255 e. The molecule has 0 bridgehead atoms. The number of allylic oxidation sites excluding steroid dienone is 2.